The number of rotatable bonds is 22. The fourth-order valence-corrected chi connectivity index (χ4v) is 5.02. The molecule has 37 heavy (non-hydrogen) atoms. The van der Waals surface area contributed by atoms with Crippen LogP contribution in [0.3, 0.4) is 0 Å². The number of allylic oxidation sites excluding steroid dienone is 1. The van der Waals surface area contributed by atoms with E-state index < -0.39 is 0 Å². The Bertz CT molecular complexity index is 870. The molecule has 0 bridgehead atoms. The lowest BCUT2D eigenvalue weighted by molar-refractivity contribution is 0.301. The molecule has 2 aromatic carbocycles. The van der Waals surface area contributed by atoms with E-state index in [-0.39, 0.29) is 0 Å². The van der Waals surface area contributed by atoms with Crippen molar-refractivity contribution in [1.82, 2.24) is 0 Å². The number of hydrogen-bond acceptors (Lipinski definition) is 2. The van der Waals surface area contributed by atoms with Crippen LogP contribution in [-0.4, -0.2) is 11.5 Å². The lowest BCUT2D eigenvalue weighted by atomic mass is 10.0. The van der Waals surface area contributed by atoms with Gasteiger partial charge in [0.15, 0.2) is 0 Å². The van der Waals surface area contributed by atoms with Gasteiger partial charge in [-0.05, 0) is 41.7 Å². The second-order valence-electron chi connectivity index (χ2n) is 10.5. The van der Waals surface area contributed by atoms with Crippen molar-refractivity contribution in [3.8, 4) is 5.75 Å². The van der Waals surface area contributed by atoms with Crippen LogP contribution in [-0.2, 0) is 6.42 Å². The van der Waals surface area contributed by atoms with Crippen LogP contribution < -0.4 is 4.74 Å². The second-order valence-corrected chi connectivity index (χ2v) is 10.9. The molecule has 0 spiro atoms. The van der Waals surface area contributed by atoms with Crippen molar-refractivity contribution in [1.29, 1.82) is 0 Å². The van der Waals surface area contributed by atoms with Gasteiger partial charge in [0.25, 0.3) is 0 Å². The molecule has 2 aromatic rings. The third-order valence-electron chi connectivity index (χ3n) is 7.10. The zero-order valence-electron chi connectivity index (χ0n) is 23.8. The Hall–Kier alpha value is -1.93. The standard InChI is InChI=1S/C35H52OS/c1-3-5-6-7-8-9-10-11-12-13-14-15-16-17-21-29-36-34-30-31(25-27-32(34)22-4-2)26-28-35(37)33-23-19-18-20-24-33/h18-20,23-28,30H,3-17,21-22,29H2,1-2H3. The zero-order chi connectivity index (χ0) is 26.4. The summed E-state index contributed by atoms with van der Waals surface area (Å²) in [7, 11) is 0. The van der Waals surface area contributed by atoms with Gasteiger partial charge < -0.3 is 4.74 Å². The maximum Gasteiger partial charge on any atom is 0.123 e. The normalized spacial score (nSPS) is 11.3. The Morgan fingerprint density at radius 2 is 1.24 bits per heavy atom. The van der Waals surface area contributed by atoms with Gasteiger partial charge in [0.2, 0.25) is 0 Å². The number of aryl methyl sites for hydroxylation is 1. The van der Waals surface area contributed by atoms with Crippen LogP contribution in [0.25, 0.3) is 6.08 Å². The average molecular weight is 521 g/mol. The SMILES string of the molecule is CCCCCCCCCCCCCCCCCOc1cc(C=CC(=S)c2ccccc2)ccc1CCC. The smallest absolute Gasteiger partial charge is 0.123 e. The van der Waals surface area contributed by atoms with Gasteiger partial charge in [0.05, 0.1) is 6.61 Å². The molecule has 0 aliphatic heterocycles. The molecule has 0 aromatic heterocycles. The van der Waals surface area contributed by atoms with Gasteiger partial charge in [-0.25, -0.2) is 0 Å². The fourth-order valence-electron chi connectivity index (χ4n) is 4.81. The van der Waals surface area contributed by atoms with Crippen LogP contribution in [0.2, 0.25) is 0 Å². The summed E-state index contributed by atoms with van der Waals surface area (Å²) in [5.41, 5.74) is 3.54. The highest BCUT2D eigenvalue weighted by Crippen LogP contribution is 2.24. The highest BCUT2D eigenvalue weighted by Gasteiger charge is 2.05. The Kier molecular flexibility index (Phi) is 17.8. The van der Waals surface area contributed by atoms with Crippen molar-refractivity contribution >= 4 is 23.2 Å². The molecule has 0 unspecified atom stereocenters. The molecule has 0 saturated carbocycles. The van der Waals surface area contributed by atoms with Crippen molar-refractivity contribution in [2.24, 2.45) is 0 Å². The van der Waals surface area contributed by atoms with Gasteiger partial charge in [-0.3, -0.25) is 0 Å². The minimum absolute atomic E-state index is 0.810. The van der Waals surface area contributed by atoms with Crippen molar-refractivity contribution in [3.05, 3.63) is 71.3 Å². The Labute approximate surface area is 234 Å². The lowest BCUT2D eigenvalue weighted by Crippen LogP contribution is -2.01. The van der Waals surface area contributed by atoms with Crippen LogP contribution in [0, 0.1) is 0 Å². The van der Waals surface area contributed by atoms with Crippen LogP contribution in [0.15, 0.2) is 54.6 Å². The molecule has 0 amide bonds. The first-order chi connectivity index (χ1) is 18.2. The zero-order valence-corrected chi connectivity index (χ0v) is 24.6. The first-order valence-corrected chi connectivity index (χ1v) is 15.7. The predicted molar refractivity (Wildman–Crippen MR) is 168 cm³/mol. The van der Waals surface area contributed by atoms with E-state index in [1.165, 1.54) is 95.5 Å². The molecule has 204 valence electrons. The first kappa shape index (κ1) is 31.3. The maximum absolute atomic E-state index is 6.27. The Morgan fingerprint density at radius 3 is 1.81 bits per heavy atom. The van der Waals surface area contributed by atoms with Crippen molar-refractivity contribution in [2.75, 3.05) is 6.61 Å². The first-order valence-electron chi connectivity index (χ1n) is 15.3. The molecule has 2 rings (SSSR count). The molecule has 0 aliphatic carbocycles. The highest BCUT2D eigenvalue weighted by atomic mass is 32.1. The van der Waals surface area contributed by atoms with E-state index in [2.05, 4.69) is 50.3 Å². The minimum atomic E-state index is 0.810. The summed E-state index contributed by atoms with van der Waals surface area (Å²) in [5, 5.41) is 0. The van der Waals surface area contributed by atoms with Gasteiger partial charge in [-0.2, -0.15) is 0 Å². The molecular weight excluding hydrogens is 468 g/mol. The summed E-state index contributed by atoms with van der Waals surface area (Å²) in [4.78, 5) is 0.860. The minimum Gasteiger partial charge on any atom is -0.493 e. The lowest BCUT2D eigenvalue weighted by Gasteiger charge is -2.12. The molecule has 0 saturated heterocycles. The summed E-state index contributed by atoms with van der Waals surface area (Å²) in [5.74, 6) is 1.04. The van der Waals surface area contributed by atoms with E-state index >= 15 is 0 Å². The summed E-state index contributed by atoms with van der Waals surface area (Å²) < 4.78 is 6.27. The van der Waals surface area contributed by atoms with E-state index in [4.69, 9.17) is 17.0 Å². The molecule has 0 atom stereocenters. The fraction of sp³-hybridized carbons (Fsp3) is 0.571. The molecule has 2 heteroatoms. The van der Waals surface area contributed by atoms with Gasteiger partial charge in [-0.1, -0.05) is 171 Å². The Balaban J connectivity index is 1.59. The summed E-state index contributed by atoms with van der Waals surface area (Å²) in [6, 6.07) is 16.8. The number of thiocarbonyl (C=S) groups is 1. The Morgan fingerprint density at radius 1 is 0.676 bits per heavy atom. The summed E-state index contributed by atoms with van der Waals surface area (Å²) >= 11 is 5.58. The van der Waals surface area contributed by atoms with Gasteiger partial charge in [0.1, 0.15) is 5.75 Å². The van der Waals surface area contributed by atoms with E-state index in [9.17, 15) is 0 Å². The van der Waals surface area contributed by atoms with Crippen molar-refractivity contribution in [3.63, 3.8) is 0 Å². The number of ether oxygens (including phenoxy) is 1. The third-order valence-corrected chi connectivity index (χ3v) is 7.47. The van der Waals surface area contributed by atoms with E-state index in [1.807, 2.05) is 24.3 Å². The highest BCUT2D eigenvalue weighted by molar-refractivity contribution is 7.81. The monoisotopic (exact) mass is 520 g/mol. The molecule has 1 nitrogen and oxygen atoms in total. The summed E-state index contributed by atoms with van der Waals surface area (Å²) in [6.07, 6.45) is 27.1. The van der Waals surface area contributed by atoms with E-state index in [0.29, 0.717) is 0 Å². The quantitative estimate of drug-likeness (QED) is 0.0660. The van der Waals surface area contributed by atoms with E-state index in [1.54, 1.807) is 0 Å². The third kappa shape index (κ3) is 14.6. The van der Waals surface area contributed by atoms with E-state index in [0.717, 1.165) is 47.6 Å². The predicted octanol–water partition coefficient (Wildman–Crippen LogP) is 11.3. The van der Waals surface area contributed by atoms with Crippen molar-refractivity contribution in [2.45, 2.75) is 123 Å². The summed E-state index contributed by atoms with van der Waals surface area (Å²) in [6.45, 7) is 5.33. The topological polar surface area (TPSA) is 9.23 Å². The van der Waals surface area contributed by atoms with Gasteiger partial charge in [0, 0.05) is 4.86 Å². The average Bonchev–Trinajstić information content (AvgIpc) is 2.93. The van der Waals surface area contributed by atoms with Crippen LogP contribution in [0.1, 0.15) is 133 Å². The second kappa shape index (κ2) is 21.1. The van der Waals surface area contributed by atoms with Crippen molar-refractivity contribution < 1.29 is 4.74 Å². The maximum atomic E-state index is 6.27. The van der Waals surface area contributed by atoms with Crippen LogP contribution in [0.5, 0.6) is 5.75 Å². The van der Waals surface area contributed by atoms with Gasteiger partial charge in [-0.15, -0.1) is 0 Å². The molecular formula is C35H52OS. The molecule has 0 aliphatic rings. The van der Waals surface area contributed by atoms with Crippen LogP contribution >= 0.6 is 12.2 Å². The molecule has 0 heterocycles. The largest absolute Gasteiger partial charge is 0.493 e. The molecule has 0 fully saturated rings. The molecule has 0 radical (unpaired) electrons. The number of unbranched alkanes of at least 4 members (excludes halogenated alkanes) is 14. The number of benzene rings is 2. The number of hydrogen-bond donors (Lipinski definition) is 0. The molecule has 0 N–H and O–H groups in total. The van der Waals surface area contributed by atoms with Crippen LogP contribution in [0.4, 0.5) is 0 Å². The van der Waals surface area contributed by atoms with Gasteiger partial charge >= 0.3 is 0 Å².